The number of carbonyl (C=O) groups is 1. The summed E-state index contributed by atoms with van der Waals surface area (Å²) in [7, 11) is 0. The molecule has 2 heteroatoms. The largest absolute Gasteiger partial charge is 0.501 e. The Morgan fingerprint density at radius 3 is 2.36 bits per heavy atom. The molecule has 0 bridgehead atoms. The van der Waals surface area contributed by atoms with E-state index in [0.29, 0.717) is 6.61 Å². The van der Waals surface area contributed by atoms with Gasteiger partial charge in [0, 0.05) is 6.08 Å². The van der Waals surface area contributed by atoms with Gasteiger partial charge in [-0.15, -0.1) is 0 Å². The molecule has 0 spiro atoms. The van der Waals surface area contributed by atoms with Gasteiger partial charge >= 0.3 is 0 Å². The molecule has 0 aliphatic rings. The van der Waals surface area contributed by atoms with Gasteiger partial charge in [-0.2, -0.15) is 0 Å². The SMILES string of the molecule is CC(=O)/C=C/OCC(C)(C)C. The Kier molecular flexibility index (Phi) is 3.86. The average Bonchev–Trinajstić information content (AvgIpc) is 1.78. The Labute approximate surface area is 68.2 Å². The fourth-order valence-electron chi connectivity index (χ4n) is 0.442. The Morgan fingerprint density at radius 2 is 2.00 bits per heavy atom. The van der Waals surface area contributed by atoms with Gasteiger partial charge in [-0.1, -0.05) is 20.8 Å². The van der Waals surface area contributed by atoms with Crippen molar-refractivity contribution in [2.24, 2.45) is 5.41 Å². The quantitative estimate of drug-likeness (QED) is 0.462. The molecule has 0 heterocycles. The smallest absolute Gasteiger partial charge is 0.155 e. The van der Waals surface area contributed by atoms with Crippen molar-refractivity contribution in [2.75, 3.05) is 6.61 Å². The number of hydrogen-bond donors (Lipinski definition) is 0. The molecule has 0 aliphatic heterocycles. The summed E-state index contributed by atoms with van der Waals surface area (Å²) in [6.07, 6.45) is 2.87. The van der Waals surface area contributed by atoms with Crippen LogP contribution >= 0.6 is 0 Å². The summed E-state index contributed by atoms with van der Waals surface area (Å²) in [5, 5.41) is 0. The second kappa shape index (κ2) is 4.16. The lowest BCUT2D eigenvalue weighted by Gasteiger charge is -2.16. The molecule has 0 atom stereocenters. The van der Waals surface area contributed by atoms with Gasteiger partial charge in [0.1, 0.15) is 0 Å². The third-order valence-electron chi connectivity index (χ3n) is 0.915. The van der Waals surface area contributed by atoms with Gasteiger partial charge in [0.2, 0.25) is 0 Å². The highest BCUT2D eigenvalue weighted by molar-refractivity contribution is 5.86. The van der Waals surface area contributed by atoms with E-state index in [4.69, 9.17) is 4.74 Å². The third-order valence-corrected chi connectivity index (χ3v) is 0.915. The van der Waals surface area contributed by atoms with Gasteiger partial charge in [-0.3, -0.25) is 4.79 Å². The van der Waals surface area contributed by atoms with Gasteiger partial charge in [0.25, 0.3) is 0 Å². The fourth-order valence-corrected chi connectivity index (χ4v) is 0.442. The van der Waals surface area contributed by atoms with Crippen LogP contribution < -0.4 is 0 Å². The first-order valence-electron chi connectivity index (χ1n) is 3.70. The minimum Gasteiger partial charge on any atom is -0.501 e. The number of rotatable bonds is 3. The van der Waals surface area contributed by atoms with E-state index in [1.165, 1.54) is 19.3 Å². The molecule has 0 saturated carbocycles. The molecule has 11 heavy (non-hydrogen) atoms. The van der Waals surface area contributed by atoms with E-state index in [9.17, 15) is 4.79 Å². The van der Waals surface area contributed by atoms with Crippen LogP contribution in [0.5, 0.6) is 0 Å². The zero-order valence-corrected chi connectivity index (χ0v) is 7.68. The van der Waals surface area contributed by atoms with Crippen LogP contribution in [0.15, 0.2) is 12.3 Å². The molecule has 0 N–H and O–H groups in total. The fraction of sp³-hybridized carbons (Fsp3) is 0.667. The Hall–Kier alpha value is -0.790. The maximum absolute atomic E-state index is 10.4. The van der Waals surface area contributed by atoms with E-state index >= 15 is 0 Å². The summed E-state index contributed by atoms with van der Waals surface area (Å²) < 4.78 is 5.11. The maximum atomic E-state index is 10.4. The topological polar surface area (TPSA) is 26.3 Å². The molecule has 0 radical (unpaired) electrons. The zero-order valence-electron chi connectivity index (χ0n) is 7.68. The number of hydrogen-bond acceptors (Lipinski definition) is 2. The van der Waals surface area contributed by atoms with Crippen LogP contribution in [-0.4, -0.2) is 12.4 Å². The molecule has 0 rings (SSSR count). The highest BCUT2D eigenvalue weighted by Crippen LogP contribution is 2.12. The lowest BCUT2D eigenvalue weighted by Crippen LogP contribution is -2.12. The predicted octanol–water partition coefficient (Wildman–Crippen LogP) is 2.15. The van der Waals surface area contributed by atoms with Crippen molar-refractivity contribution >= 4 is 5.78 Å². The van der Waals surface area contributed by atoms with Crippen molar-refractivity contribution < 1.29 is 9.53 Å². The number of allylic oxidation sites excluding steroid dienone is 1. The number of carbonyl (C=O) groups excluding carboxylic acids is 1. The lowest BCUT2D eigenvalue weighted by atomic mass is 9.99. The van der Waals surface area contributed by atoms with Crippen LogP contribution in [0.2, 0.25) is 0 Å². The van der Waals surface area contributed by atoms with Crippen molar-refractivity contribution in [1.82, 2.24) is 0 Å². The van der Waals surface area contributed by atoms with Crippen molar-refractivity contribution in [3.05, 3.63) is 12.3 Å². The van der Waals surface area contributed by atoms with Crippen LogP contribution in [0.1, 0.15) is 27.7 Å². The van der Waals surface area contributed by atoms with Crippen LogP contribution in [0.25, 0.3) is 0 Å². The van der Waals surface area contributed by atoms with Crippen LogP contribution in [0, 0.1) is 5.41 Å². The second-order valence-corrected chi connectivity index (χ2v) is 3.79. The van der Waals surface area contributed by atoms with Crippen LogP contribution in [-0.2, 0) is 9.53 Å². The van der Waals surface area contributed by atoms with Gasteiger partial charge in [0.05, 0.1) is 12.9 Å². The minimum atomic E-state index is 0.0129. The minimum absolute atomic E-state index is 0.0129. The summed E-state index contributed by atoms with van der Waals surface area (Å²) in [5.41, 5.74) is 0.154. The summed E-state index contributed by atoms with van der Waals surface area (Å²) in [5.74, 6) is 0.0129. The van der Waals surface area contributed by atoms with Crippen LogP contribution in [0.4, 0.5) is 0 Å². The molecule has 0 aromatic heterocycles. The number of ketones is 1. The Morgan fingerprint density at radius 1 is 1.45 bits per heavy atom. The lowest BCUT2D eigenvalue weighted by molar-refractivity contribution is -0.112. The first-order valence-corrected chi connectivity index (χ1v) is 3.70. The number of ether oxygens (including phenoxy) is 1. The second-order valence-electron chi connectivity index (χ2n) is 3.79. The highest BCUT2D eigenvalue weighted by atomic mass is 16.5. The first kappa shape index (κ1) is 10.2. The molecule has 64 valence electrons. The molecular formula is C9H16O2. The predicted molar refractivity (Wildman–Crippen MR) is 45.2 cm³/mol. The molecule has 0 amide bonds. The van der Waals surface area contributed by atoms with Gasteiger partial charge in [-0.25, -0.2) is 0 Å². The van der Waals surface area contributed by atoms with Crippen molar-refractivity contribution in [3.63, 3.8) is 0 Å². The molecule has 0 unspecified atom stereocenters. The first-order chi connectivity index (χ1) is 4.92. The monoisotopic (exact) mass is 156 g/mol. The molecule has 0 aliphatic carbocycles. The third kappa shape index (κ3) is 9.21. The van der Waals surface area contributed by atoms with Crippen molar-refractivity contribution in [1.29, 1.82) is 0 Å². The van der Waals surface area contributed by atoms with Crippen molar-refractivity contribution in [2.45, 2.75) is 27.7 Å². The van der Waals surface area contributed by atoms with E-state index in [0.717, 1.165) is 0 Å². The summed E-state index contributed by atoms with van der Waals surface area (Å²) in [6, 6.07) is 0. The van der Waals surface area contributed by atoms with E-state index in [-0.39, 0.29) is 11.2 Å². The van der Waals surface area contributed by atoms with Gasteiger partial charge < -0.3 is 4.74 Å². The molecular weight excluding hydrogens is 140 g/mol. The van der Waals surface area contributed by atoms with Crippen molar-refractivity contribution in [3.8, 4) is 0 Å². The standard InChI is InChI=1S/C9H16O2/c1-8(10)5-6-11-7-9(2,3)4/h5-6H,7H2,1-4H3/b6-5+. The van der Waals surface area contributed by atoms with E-state index < -0.39 is 0 Å². The Bertz CT molecular complexity index is 151. The summed E-state index contributed by atoms with van der Waals surface area (Å²) in [4.78, 5) is 10.4. The molecule has 0 fully saturated rings. The Balaban J connectivity index is 3.50. The summed E-state index contributed by atoms with van der Waals surface area (Å²) in [6.45, 7) is 8.37. The van der Waals surface area contributed by atoms with Gasteiger partial charge in [-0.05, 0) is 12.3 Å². The normalized spacial score (nSPS) is 12.0. The maximum Gasteiger partial charge on any atom is 0.155 e. The molecule has 0 aromatic rings. The van der Waals surface area contributed by atoms with Gasteiger partial charge in [0.15, 0.2) is 5.78 Å². The summed E-state index contributed by atoms with van der Waals surface area (Å²) >= 11 is 0. The highest BCUT2D eigenvalue weighted by Gasteiger charge is 2.08. The molecule has 0 aromatic carbocycles. The molecule has 2 nitrogen and oxygen atoms in total. The van der Waals surface area contributed by atoms with Crippen LogP contribution in [0.3, 0.4) is 0 Å². The zero-order chi connectivity index (χ0) is 8.91. The van der Waals surface area contributed by atoms with E-state index in [1.54, 1.807) is 0 Å². The van der Waals surface area contributed by atoms with E-state index in [1.807, 2.05) is 0 Å². The van der Waals surface area contributed by atoms with E-state index in [2.05, 4.69) is 20.8 Å². The average molecular weight is 156 g/mol. The molecule has 0 saturated heterocycles.